The van der Waals surface area contributed by atoms with E-state index in [2.05, 4.69) is 121 Å². The summed E-state index contributed by atoms with van der Waals surface area (Å²) in [6, 6.07) is 44.0. The number of fused-ring (bicyclic) bond motifs is 1. The number of hydrogen-bond donors (Lipinski definition) is 0. The predicted molar refractivity (Wildman–Crippen MR) is 153 cm³/mol. The number of esters is 1. The minimum atomic E-state index is -0.580. The Kier molecular flexibility index (Phi) is 7.00. The molecule has 4 atom stereocenters. The van der Waals surface area contributed by atoms with Crippen LogP contribution in [-0.2, 0) is 9.53 Å². The molecule has 180 valence electrons. The van der Waals surface area contributed by atoms with Crippen LogP contribution in [0.3, 0.4) is 0 Å². The fourth-order valence-corrected chi connectivity index (χ4v) is 12.1. The Balaban J connectivity index is 1.43. The summed E-state index contributed by atoms with van der Waals surface area (Å²) in [4.78, 5) is 12.4. The molecule has 36 heavy (non-hydrogen) atoms. The molecular formula is C32H30O2P2. The molecule has 1 aliphatic carbocycles. The van der Waals surface area contributed by atoms with Crippen LogP contribution in [0.4, 0.5) is 0 Å². The molecule has 0 aromatic heterocycles. The zero-order chi connectivity index (χ0) is 24.3. The Morgan fingerprint density at radius 2 is 1.08 bits per heavy atom. The highest BCUT2D eigenvalue weighted by Crippen LogP contribution is 2.57. The second-order valence-corrected chi connectivity index (χ2v) is 14.4. The Hall–Kier alpha value is -2.79. The van der Waals surface area contributed by atoms with E-state index < -0.39 is 15.8 Å². The van der Waals surface area contributed by atoms with Gasteiger partial charge in [-0.3, -0.25) is 4.79 Å². The maximum absolute atomic E-state index is 12.4. The first-order valence-electron chi connectivity index (χ1n) is 12.7. The number of ether oxygens (including phenoxy) is 1. The molecule has 2 nitrogen and oxygen atoms in total. The summed E-state index contributed by atoms with van der Waals surface area (Å²) in [6.45, 7) is 0. The molecule has 2 fully saturated rings. The molecule has 0 unspecified atom stereocenters. The highest BCUT2D eigenvalue weighted by atomic mass is 31.1. The Labute approximate surface area is 216 Å². The standard InChI is InChI=1S/C32H30O2P2/c33-32-21-28-29(23-35(24-13-5-1-6-14-24)25-15-7-2-8-16-25)31(22-30(28)34-32)36(26-17-9-3-10-18-26)27-19-11-4-12-20-27/h1-20,28-31H,21-23H2/t28-,29-,30+,31+/m1/s1. The molecule has 4 aromatic rings. The Morgan fingerprint density at radius 1 is 0.639 bits per heavy atom. The topological polar surface area (TPSA) is 26.3 Å². The van der Waals surface area contributed by atoms with Gasteiger partial charge in [-0.25, -0.2) is 0 Å². The van der Waals surface area contributed by atoms with Crippen molar-refractivity contribution in [2.75, 3.05) is 6.16 Å². The van der Waals surface area contributed by atoms with E-state index in [1.165, 1.54) is 21.2 Å². The van der Waals surface area contributed by atoms with Crippen molar-refractivity contribution in [1.82, 2.24) is 0 Å². The summed E-state index contributed by atoms with van der Waals surface area (Å²) in [5.74, 6) is 0.720. The second-order valence-electron chi connectivity index (χ2n) is 9.69. The maximum atomic E-state index is 12.4. The average molecular weight is 509 g/mol. The molecule has 2 aliphatic rings. The van der Waals surface area contributed by atoms with Crippen LogP contribution in [0.25, 0.3) is 0 Å². The number of carbonyl (C=O) groups is 1. The lowest BCUT2D eigenvalue weighted by atomic mass is 9.95. The Bertz CT molecular complexity index is 1200. The minimum Gasteiger partial charge on any atom is -0.462 e. The third-order valence-electron chi connectivity index (χ3n) is 7.61. The molecule has 0 N–H and O–H groups in total. The molecule has 0 spiro atoms. The van der Waals surface area contributed by atoms with Crippen molar-refractivity contribution in [2.45, 2.75) is 24.6 Å². The zero-order valence-electron chi connectivity index (χ0n) is 20.2. The SMILES string of the molecule is O=C1C[C@@H]2[C@@H](CP(c3ccccc3)c3ccccc3)[C@@H](P(c3ccccc3)c3ccccc3)C[C@@H]2O1. The summed E-state index contributed by atoms with van der Waals surface area (Å²) in [7, 11) is -1.13. The van der Waals surface area contributed by atoms with Gasteiger partial charge in [-0.05, 0) is 61.2 Å². The average Bonchev–Trinajstić information content (AvgIpc) is 3.45. The van der Waals surface area contributed by atoms with Crippen molar-refractivity contribution in [3.63, 3.8) is 0 Å². The first kappa shape index (κ1) is 23.6. The van der Waals surface area contributed by atoms with Gasteiger partial charge in [-0.2, -0.15) is 0 Å². The van der Waals surface area contributed by atoms with Crippen LogP contribution in [0, 0.1) is 11.8 Å². The van der Waals surface area contributed by atoms with Gasteiger partial charge in [0.1, 0.15) is 6.10 Å². The molecule has 6 rings (SSSR count). The van der Waals surface area contributed by atoms with Crippen molar-refractivity contribution in [3.8, 4) is 0 Å². The van der Waals surface area contributed by atoms with E-state index in [0.29, 0.717) is 23.9 Å². The smallest absolute Gasteiger partial charge is 0.306 e. The van der Waals surface area contributed by atoms with Gasteiger partial charge in [0.15, 0.2) is 0 Å². The largest absolute Gasteiger partial charge is 0.462 e. The number of rotatable bonds is 7. The van der Waals surface area contributed by atoms with Crippen LogP contribution < -0.4 is 21.2 Å². The normalized spacial score (nSPS) is 23.1. The molecule has 0 amide bonds. The summed E-state index contributed by atoms with van der Waals surface area (Å²) < 4.78 is 5.94. The minimum absolute atomic E-state index is 0.0130. The zero-order valence-corrected chi connectivity index (χ0v) is 22.0. The van der Waals surface area contributed by atoms with E-state index >= 15 is 0 Å². The third-order valence-corrected chi connectivity index (χ3v) is 13.2. The number of hydrogen-bond acceptors (Lipinski definition) is 2. The molecule has 0 radical (unpaired) electrons. The maximum Gasteiger partial charge on any atom is 0.306 e. The highest BCUT2D eigenvalue weighted by molar-refractivity contribution is 7.74. The van der Waals surface area contributed by atoms with Gasteiger partial charge in [0, 0.05) is 5.92 Å². The van der Waals surface area contributed by atoms with Gasteiger partial charge >= 0.3 is 5.97 Å². The molecule has 1 saturated heterocycles. The van der Waals surface area contributed by atoms with Gasteiger partial charge in [-0.1, -0.05) is 121 Å². The highest BCUT2D eigenvalue weighted by Gasteiger charge is 2.53. The first-order valence-corrected chi connectivity index (χ1v) is 15.7. The van der Waals surface area contributed by atoms with Crippen LogP contribution in [0.2, 0.25) is 0 Å². The van der Waals surface area contributed by atoms with Crippen molar-refractivity contribution in [1.29, 1.82) is 0 Å². The van der Waals surface area contributed by atoms with Crippen molar-refractivity contribution in [2.24, 2.45) is 11.8 Å². The molecule has 4 heteroatoms. The van der Waals surface area contributed by atoms with Crippen molar-refractivity contribution in [3.05, 3.63) is 121 Å². The monoisotopic (exact) mass is 508 g/mol. The fourth-order valence-electron chi connectivity index (χ4n) is 6.03. The van der Waals surface area contributed by atoms with Gasteiger partial charge < -0.3 is 4.74 Å². The quantitative estimate of drug-likeness (QED) is 0.241. The molecule has 1 aliphatic heterocycles. The lowest BCUT2D eigenvalue weighted by Gasteiger charge is -2.34. The molecule has 4 aromatic carbocycles. The van der Waals surface area contributed by atoms with Crippen LogP contribution in [-0.4, -0.2) is 23.9 Å². The van der Waals surface area contributed by atoms with Crippen molar-refractivity contribution < 1.29 is 9.53 Å². The molecule has 1 heterocycles. The summed E-state index contributed by atoms with van der Waals surface area (Å²) in [5.41, 5.74) is 0.477. The predicted octanol–water partition coefficient (Wildman–Crippen LogP) is 5.57. The van der Waals surface area contributed by atoms with E-state index in [1.807, 2.05) is 0 Å². The van der Waals surface area contributed by atoms with E-state index in [1.54, 1.807) is 0 Å². The first-order chi connectivity index (χ1) is 17.8. The van der Waals surface area contributed by atoms with Gasteiger partial charge in [-0.15, -0.1) is 0 Å². The summed E-state index contributed by atoms with van der Waals surface area (Å²) in [5, 5.41) is 5.66. The van der Waals surface area contributed by atoms with Gasteiger partial charge in [0.25, 0.3) is 0 Å². The van der Waals surface area contributed by atoms with E-state index in [9.17, 15) is 4.79 Å². The van der Waals surface area contributed by atoms with Crippen LogP contribution >= 0.6 is 15.8 Å². The molecule has 0 bridgehead atoms. The summed E-state index contributed by atoms with van der Waals surface area (Å²) in [6.07, 6.45) is 2.66. The van der Waals surface area contributed by atoms with Crippen LogP contribution in [0.5, 0.6) is 0 Å². The van der Waals surface area contributed by atoms with Crippen LogP contribution in [0.15, 0.2) is 121 Å². The lowest BCUT2D eigenvalue weighted by molar-refractivity contribution is -0.141. The van der Waals surface area contributed by atoms with Crippen LogP contribution in [0.1, 0.15) is 12.8 Å². The van der Waals surface area contributed by atoms with E-state index in [0.717, 1.165) is 12.6 Å². The molecule has 1 saturated carbocycles. The third kappa shape index (κ3) is 4.78. The molecular weight excluding hydrogens is 478 g/mol. The van der Waals surface area contributed by atoms with Gasteiger partial charge in [0.05, 0.1) is 6.42 Å². The van der Waals surface area contributed by atoms with E-state index in [-0.39, 0.29) is 12.1 Å². The fraction of sp³-hybridized carbons (Fsp3) is 0.219. The Morgan fingerprint density at radius 3 is 1.56 bits per heavy atom. The summed E-state index contributed by atoms with van der Waals surface area (Å²) >= 11 is 0. The van der Waals surface area contributed by atoms with Crippen molar-refractivity contribution >= 4 is 43.0 Å². The number of carbonyl (C=O) groups excluding carboxylic acids is 1. The van der Waals surface area contributed by atoms with E-state index in [4.69, 9.17) is 4.74 Å². The second kappa shape index (κ2) is 10.7. The van der Waals surface area contributed by atoms with Gasteiger partial charge in [0.2, 0.25) is 0 Å². The number of benzene rings is 4. The lowest BCUT2D eigenvalue weighted by Crippen LogP contribution is -2.31.